The van der Waals surface area contributed by atoms with E-state index in [1.165, 1.54) is 18.2 Å². The Hall–Kier alpha value is -3.49. The Kier molecular flexibility index (Phi) is 4.21. The first-order chi connectivity index (χ1) is 13.4. The van der Waals surface area contributed by atoms with E-state index in [1.54, 1.807) is 48.5 Å². The highest BCUT2D eigenvalue weighted by atomic mass is 32.2. The van der Waals surface area contributed by atoms with Gasteiger partial charge in [-0.15, -0.1) is 10.2 Å². The lowest BCUT2D eigenvalue weighted by molar-refractivity contribution is 0.455. The van der Waals surface area contributed by atoms with Gasteiger partial charge in [0, 0.05) is 22.2 Å². The summed E-state index contributed by atoms with van der Waals surface area (Å²) in [5.74, 6) is -0.360. The molecule has 0 spiro atoms. The van der Waals surface area contributed by atoms with E-state index in [4.69, 9.17) is 0 Å². The average Bonchev–Trinajstić information content (AvgIpc) is 2.66. The van der Waals surface area contributed by atoms with Crippen LogP contribution in [0.15, 0.2) is 81.9 Å². The number of benzene rings is 4. The predicted molar refractivity (Wildman–Crippen MR) is 105 cm³/mol. The van der Waals surface area contributed by atoms with Crippen molar-refractivity contribution >= 4 is 43.0 Å². The fraction of sp³-hybridized carbons (Fsp3) is 0. The molecule has 4 aromatic carbocycles. The number of hydrogen-bond acceptors (Lipinski definition) is 6. The first-order valence-corrected chi connectivity index (χ1v) is 9.65. The van der Waals surface area contributed by atoms with Gasteiger partial charge >= 0.3 is 0 Å². The molecule has 8 heteroatoms. The van der Waals surface area contributed by atoms with Crippen LogP contribution < -0.4 is 0 Å². The highest BCUT2D eigenvalue weighted by Gasteiger charge is 2.17. The molecule has 7 nitrogen and oxygen atoms in total. The molecular formula is C20H14N2O5S. The van der Waals surface area contributed by atoms with E-state index in [0.29, 0.717) is 16.2 Å². The Balaban J connectivity index is 1.96. The number of rotatable bonds is 3. The van der Waals surface area contributed by atoms with Crippen LogP contribution in [0.3, 0.4) is 0 Å². The number of hydrogen-bond donors (Lipinski definition) is 3. The molecule has 0 bridgehead atoms. The largest absolute Gasteiger partial charge is 0.507 e. The molecule has 3 N–H and O–H groups in total. The van der Waals surface area contributed by atoms with Crippen molar-refractivity contribution in [3.8, 4) is 11.5 Å². The number of phenols is 2. The van der Waals surface area contributed by atoms with Gasteiger partial charge < -0.3 is 10.2 Å². The molecule has 0 heterocycles. The summed E-state index contributed by atoms with van der Waals surface area (Å²) in [6.45, 7) is 0. The van der Waals surface area contributed by atoms with E-state index in [9.17, 15) is 23.2 Å². The summed E-state index contributed by atoms with van der Waals surface area (Å²) in [7, 11) is -4.47. The monoisotopic (exact) mass is 394 g/mol. The third-order valence-electron chi connectivity index (χ3n) is 4.35. The molecule has 0 unspecified atom stereocenters. The quantitative estimate of drug-likeness (QED) is 0.331. The maximum atomic E-state index is 11.8. The normalized spacial score (nSPS) is 12.2. The van der Waals surface area contributed by atoms with Crippen LogP contribution in [-0.2, 0) is 10.1 Å². The molecule has 4 rings (SSSR count). The zero-order valence-electron chi connectivity index (χ0n) is 14.3. The van der Waals surface area contributed by atoms with Crippen molar-refractivity contribution < 1.29 is 23.2 Å². The van der Waals surface area contributed by atoms with Crippen molar-refractivity contribution in [1.82, 2.24) is 0 Å². The lowest BCUT2D eigenvalue weighted by Gasteiger charge is -2.08. The molecule has 0 aliphatic carbocycles. The van der Waals surface area contributed by atoms with Crippen molar-refractivity contribution in [3.63, 3.8) is 0 Å². The minimum Gasteiger partial charge on any atom is -0.507 e. The third-order valence-corrected chi connectivity index (χ3v) is 5.25. The summed E-state index contributed by atoms with van der Waals surface area (Å²) in [6.07, 6.45) is 0. The Bertz CT molecular complexity index is 1360. The van der Waals surface area contributed by atoms with E-state index in [2.05, 4.69) is 10.2 Å². The van der Waals surface area contributed by atoms with Gasteiger partial charge in [0.25, 0.3) is 10.1 Å². The summed E-state index contributed by atoms with van der Waals surface area (Å²) in [6, 6.07) is 17.4. The molecule has 0 saturated heterocycles. The first kappa shape index (κ1) is 17.9. The summed E-state index contributed by atoms with van der Waals surface area (Å²) in [4.78, 5) is -0.278. The zero-order chi connectivity index (χ0) is 19.9. The number of aromatic hydroxyl groups is 2. The van der Waals surface area contributed by atoms with Gasteiger partial charge in [0.05, 0.1) is 5.69 Å². The molecule has 0 amide bonds. The highest BCUT2D eigenvalue weighted by Crippen LogP contribution is 2.41. The smallest absolute Gasteiger partial charge is 0.295 e. The van der Waals surface area contributed by atoms with Crippen molar-refractivity contribution in [2.24, 2.45) is 10.2 Å². The van der Waals surface area contributed by atoms with Crippen LogP contribution in [0, 0.1) is 0 Å². The van der Waals surface area contributed by atoms with E-state index < -0.39 is 10.1 Å². The van der Waals surface area contributed by atoms with E-state index in [1.807, 2.05) is 0 Å². The van der Waals surface area contributed by atoms with E-state index >= 15 is 0 Å². The van der Waals surface area contributed by atoms with E-state index in [-0.39, 0.29) is 33.2 Å². The lowest BCUT2D eigenvalue weighted by atomic mass is 10.1. The van der Waals surface area contributed by atoms with Crippen LogP contribution in [0.1, 0.15) is 0 Å². The summed E-state index contributed by atoms with van der Waals surface area (Å²) < 4.78 is 33.1. The SMILES string of the molecule is O=S(=O)(O)c1cccc2cccc(N=Nc3c(O)cc(O)c4ccccc34)c12. The Labute approximate surface area is 160 Å². The highest BCUT2D eigenvalue weighted by molar-refractivity contribution is 7.86. The van der Waals surface area contributed by atoms with Crippen LogP contribution in [0.2, 0.25) is 0 Å². The molecule has 0 aromatic heterocycles. The second kappa shape index (κ2) is 6.59. The van der Waals surface area contributed by atoms with Gasteiger partial charge in [-0.05, 0) is 17.5 Å². The van der Waals surface area contributed by atoms with Crippen LogP contribution in [0.5, 0.6) is 11.5 Å². The molecule has 4 aromatic rings. The third kappa shape index (κ3) is 3.04. The molecule has 0 fully saturated rings. The first-order valence-electron chi connectivity index (χ1n) is 8.21. The Morgan fingerprint density at radius 1 is 0.750 bits per heavy atom. The summed E-state index contributed by atoms with van der Waals surface area (Å²) in [5.41, 5.74) is 0.344. The molecule has 0 saturated carbocycles. The van der Waals surface area contributed by atoms with Crippen LogP contribution >= 0.6 is 0 Å². The fourth-order valence-corrected chi connectivity index (χ4v) is 3.85. The minimum absolute atomic E-state index is 0.0918. The maximum absolute atomic E-state index is 11.8. The molecule has 0 atom stereocenters. The topological polar surface area (TPSA) is 120 Å². The molecule has 0 aliphatic rings. The van der Waals surface area contributed by atoms with Gasteiger partial charge in [-0.2, -0.15) is 8.42 Å². The predicted octanol–water partition coefficient (Wildman–Crippen LogP) is 5.07. The number of nitrogens with zero attached hydrogens (tertiary/aromatic N) is 2. The Morgan fingerprint density at radius 3 is 2.14 bits per heavy atom. The van der Waals surface area contributed by atoms with Gasteiger partial charge in [-0.1, -0.05) is 48.5 Å². The van der Waals surface area contributed by atoms with Gasteiger partial charge in [-0.25, -0.2) is 0 Å². The number of fused-ring (bicyclic) bond motifs is 2. The van der Waals surface area contributed by atoms with Gasteiger partial charge in [0.2, 0.25) is 0 Å². The Morgan fingerprint density at radius 2 is 1.43 bits per heavy atom. The number of azo groups is 1. The lowest BCUT2D eigenvalue weighted by Crippen LogP contribution is -1.98. The van der Waals surface area contributed by atoms with Crippen LogP contribution in [0.4, 0.5) is 11.4 Å². The van der Waals surface area contributed by atoms with Crippen molar-refractivity contribution in [2.75, 3.05) is 0 Å². The second-order valence-electron chi connectivity index (χ2n) is 6.12. The van der Waals surface area contributed by atoms with Crippen LogP contribution in [0.25, 0.3) is 21.5 Å². The maximum Gasteiger partial charge on any atom is 0.295 e. The van der Waals surface area contributed by atoms with Gasteiger partial charge in [0.15, 0.2) is 0 Å². The molecular weight excluding hydrogens is 380 g/mol. The average molecular weight is 394 g/mol. The zero-order valence-corrected chi connectivity index (χ0v) is 15.1. The van der Waals surface area contributed by atoms with Crippen LogP contribution in [-0.4, -0.2) is 23.2 Å². The molecule has 140 valence electrons. The summed E-state index contributed by atoms with van der Waals surface area (Å²) >= 11 is 0. The molecule has 28 heavy (non-hydrogen) atoms. The number of phenolic OH excluding ortho intramolecular Hbond substituents is 2. The minimum atomic E-state index is -4.47. The van der Waals surface area contributed by atoms with E-state index in [0.717, 1.165) is 0 Å². The van der Waals surface area contributed by atoms with Crippen molar-refractivity contribution in [2.45, 2.75) is 4.90 Å². The van der Waals surface area contributed by atoms with Gasteiger partial charge in [-0.3, -0.25) is 4.55 Å². The molecule has 0 radical (unpaired) electrons. The van der Waals surface area contributed by atoms with Crippen molar-refractivity contribution in [3.05, 3.63) is 66.7 Å². The molecule has 0 aliphatic heterocycles. The summed E-state index contributed by atoms with van der Waals surface area (Å²) in [5, 5.41) is 30.2. The fourth-order valence-electron chi connectivity index (χ4n) is 3.12. The van der Waals surface area contributed by atoms with Crippen molar-refractivity contribution in [1.29, 1.82) is 0 Å². The second-order valence-corrected chi connectivity index (χ2v) is 7.51. The standard InChI is InChI=1S/C20H14N2O5S/c23-16-11-17(24)20(14-8-2-1-7-13(14)16)22-21-15-9-3-5-12-6-4-10-18(19(12)15)28(25,26)27/h1-11,23-24H,(H,25,26,27). The van der Waals surface area contributed by atoms with Gasteiger partial charge in [0.1, 0.15) is 22.1 Å².